The van der Waals surface area contributed by atoms with E-state index in [4.69, 9.17) is 9.47 Å². The molecule has 0 spiro atoms. The second-order valence-electron chi connectivity index (χ2n) is 6.56. The first-order valence-corrected chi connectivity index (χ1v) is 9.49. The number of alkyl carbamates (subject to hydrolysis) is 1. The molecule has 152 valence electrons. The van der Waals surface area contributed by atoms with Crippen molar-refractivity contribution in [3.8, 4) is 0 Å². The van der Waals surface area contributed by atoms with Crippen molar-refractivity contribution in [1.29, 1.82) is 0 Å². The van der Waals surface area contributed by atoms with Crippen molar-refractivity contribution in [3.05, 3.63) is 71.4 Å². The minimum Gasteiger partial charge on any atom is -0.445 e. The number of rotatable bonds is 9. The zero-order chi connectivity index (χ0) is 20.5. The predicted molar refractivity (Wildman–Crippen MR) is 111 cm³/mol. The van der Waals surface area contributed by atoms with Gasteiger partial charge < -0.3 is 25.1 Å². The molecule has 29 heavy (non-hydrogen) atoms. The summed E-state index contributed by atoms with van der Waals surface area (Å²) in [5.74, 6) is -0.140. The van der Waals surface area contributed by atoms with Gasteiger partial charge in [0.1, 0.15) is 6.61 Å². The number of hydrogen-bond donors (Lipinski definition) is 3. The first kappa shape index (κ1) is 20.4. The molecule has 0 saturated heterocycles. The zero-order valence-corrected chi connectivity index (χ0v) is 16.4. The fourth-order valence-corrected chi connectivity index (χ4v) is 2.97. The summed E-state index contributed by atoms with van der Waals surface area (Å²) in [4.78, 5) is 27.3. The minimum absolute atomic E-state index is 0.140. The Hall–Kier alpha value is -3.32. The fraction of sp³-hybridized carbons (Fsp3) is 0.273. The van der Waals surface area contributed by atoms with Gasteiger partial charge in [0.25, 0.3) is 5.91 Å². The van der Waals surface area contributed by atoms with Crippen LogP contribution in [0.15, 0.2) is 54.7 Å². The van der Waals surface area contributed by atoms with Crippen LogP contribution in [0.4, 0.5) is 4.79 Å². The highest BCUT2D eigenvalue weighted by molar-refractivity contribution is 5.98. The molecule has 2 amide bonds. The maximum Gasteiger partial charge on any atom is 0.407 e. The molecule has 0 saturated carbocycles. The molecule has 0 aliphatic heterocycles. The van der Waals surface area contributed by atoms with Gasteiger partial charge in [0.2, 0.25) is 0 Å². The number of carbonyl (C=O) groups excluding carboxylic acids is 2. The molecule has 0 aliphatic carbocycles. The summed E-state index contributed by atoms with van der Waals surface area (Å²) in [6, 6.07) is 15.1. The topological polar surface area (TPSA) is 92.5 Å². The highest BCUT2D eigenvalue weighted by Crippen LogP contribution is 2.20. The van der Waals surface area contributed by atoms with E-state index in [1.165, 1.54) is 0 Å². The van der Waals surface area contributed by atoms with Crippen LogP contribution >= 0.6 is 0 Å². The van der Waals surface area contributed by atoms with Crippen LogP contribution in [-0.2, 0) is 22.5 Å². The van der Waals surface area contributed by atoms with Gasteiger partial charge in [-0.25, -0.2) is 4.79 Å². The second-order valence-corrected chi connectivity index (χ2v) is 6.56. The van der Waals surface area contributed by atoms with E-state index in [0.717, 1.165) is 22.0 Å². The number of hydrogen-bond acceptors (Lipinski definition) is 4. The Morgan fingerprint density at radius 2 is 1.86 bits per heavy atom. The summed E-state index contributed by atoms with van der Waals surface area (Å²) >= 11 is 0. The Bertz CT molecular complexity index is 953. The molecule has 0 unspecified atom stereocenters. The molecule has 3 N–H and O–H groups in total. The highest BCUT2D eigenvalue weighted by Gasteiger charge is 2.10. The van der Waals surface area contributed by atoms with Gasteiger partial charge in [-0.15, -0.1) is 0 Å². The molecule has 0 atom stereocenters. The van der Waals surface area contributed by atoms with E-state index in [0.29, 0.717) is 31.7 Å². The third kappa shape index (κ3) is 5.83. The van der Waals surface area contributed by atoms with Gasteiger partial charge in [0.15, 0.2) is 0 Å². The summed E-state index contributed by atoms with van der Waals surface area (Å²) in [6.45, 7) is 1.60. The molecule has 1 aromatic heterocycles. The van der Waals surface area contributed by atoms with Crippen LogP contribution in [0, 0.1) is 0 Å². The normalized spacial score (nSPS) is 10.7. The number of aromatic amines is 1. The Morgan fingerprint density at radius 3 is 2.66 bits per heavy atom. The second kappa shape index (κ2) is 10.3. The summed E-state index contributed by atoms with van der Waals surface area (Å²) < 4.78 is 10.2. The lowest BCUT2D eigenvalue weighted by molar-refractivity contribution is 0.0937. The lowest BCUT2D eigenvalue weighted by atomic mass is 10.1. The van der Waals surface area contributed by atoms with Crippen LogP contribution in [0.5, 0.6) is 0 Å². The predicted octanol–water partition coefficient (Wildman–Crippen LogP) is 3.01. The van der Waals surface area contributed by atoms with E-state index in [1.807, 2.05) is 48.7 Å². The Labute approximate surface area is 169 Å². The van der Waals surface area contributed by atoms with Gasteiger partial charge in [-0.3, -0.25) is 4.79 Å². The van der Waals surface area contributed by atoms with Gasteiger partial charge in [-0.05, 0) is 35.7 Å². The summed E-state index contributed by atoms with van der Waals surface area (Å²) in [6.07, 6.45) is 2.07. The van der Waals surface area contributed by atoms with Crippen molar-refractivity contribution < 1.29 is 19.1 Å². The summed E-state index contributed by atoms with van der Waals surface area (Å²) in [7, 11) is 1.59. The van der Waals surface area contributed by atoms with Crippen LogP contribution in [-0.4, -0.2) is 43.8 Å². The van der Waals surface area contributed by atoms with E-state index in [9.17, 15) is 9.59 Å². The molecular formula is C22H25N3O4. The van der Waals surface area contributed by atoms with Gasteiger partial charge in [0.05, 0.1) is 6.61 Å². The quantitative estimate of drug-likeness (QED) is 0.486. The summed E-state index contributed by atoms with van der Waals surface area (Å²) in [5, 5.41) is 6.54. The first-order valence-electron chi connectivity index (χ1n) is 9.49. The van der Waals surface area contributed by atoms with Crippen LogP contribution in [0.25, 0.3) is 10.9 Å². The molecule has 7 nitrogen and oxygen atoms in total. The molecule has 2 aromatic carbocycles. The number of aromatic nitrogens is 1. The number of benzene rings is 2. The third-order valence-corrected chi connectivity index (χ3v) is 4.50. The van der Waals surface area contributed by atoms with Gasteiger partial charge in [-0.1, -0.05) is 30.3 Å². The SMILES string of the molecule is COCCNC(=O)c1ccc2[nH]cc(CCNC(=O)OCc3ccccc3)c2c1. The van der Waals surface area contributed by atoms with Crippen molar-refractivity contribution in [3.63, 3.8) is 0 Å². The van der Waals surface area contributed by atoms with Gasteiger partial charge in [0, 0.05) is 42.9 Å². The molecule has 1 heterocycles. The van der Waals surface area contributed by atoms with Crippen molar-refractivity contribution in [2.75, 3.05) is 26.8 Å². The molecule has 7 heteroatoms. The van der Waals surface area contributed by atoms with E-state index in [-0.39, 0.29) is 12.5 Å². The lowest BCUT2D eigenvalue weighted by Gasteiger charge is -2.07. The monoisotopic (exact) mass is 395 g/mol. The smallest absolute Gasteiger partial charge is 0.407 e. The fourth-order valence-electron chi connectivity index (χ4n) is 2.97. The third-order valence-electron chi connectivity index (χ3n) is 4.50. The molecule has 3 aromatic rings. The number of methoxy groups -OCH3 is 1. The lowest BCUT2D eigenvalue weighted by Crippen LogP contribution is -2.27. The van der Waals surface area contributed by atoms with Gasteiger partial charge in [-0.2, -0.15) is 0 Å². The molecule has 0 aliphatic rings. The molecule has 0 fully saturated rings. The van der Waals surface area contributed by atoms with E-state index >= 15 is 0 Å². The number of nitrogens with one attached hydrogen (secondary N) is 3. The molecule has 0 radical (unpaired) electrons. The van der Waals surface area contributed by atoms with Crippen molar-refractivity contribution >= 4 is 22.9 Å². The number of fused-ring (bicyclic) bond motifs is 1. The van der Waals surface area contributed by atoms with Crippen LogP contribution in [0.3, 0.4) is 0 Å². The standard InChI is InChI=1S/C22H25N3O4/c1-28-12-11-23-21(26)17-7-8-20-19(13-17)18(14-25-20)9-10-24-22(27)29-15-16-5-3-2-4-6-16/h2-8,13-14,25H,9-12,15H2,1H3,(H,23,26)(H,24,27). The minimum atomic E-state index is -0.452. The Kier molecular flexibility index (Phi) is 7.24. The average molecular weight is 395 g/mol. The van der Waals surface area contributed by atoms with Gasteiger partial charge >= 0.3 is 6.09 Å². The van der Waals surface area contributed by atoms with Crippen molar-refractivity contribution in [2.24, 2.45) is 0 Å². The summed E-state index contributed by atoms with van der Waals surface area (Å²) in [5.41, 5.74) is 3.50. The average Bonchev–Trinajstić information content (AvgIpc) is 3.15. The number of ether oxygens (including phenoxy) is 2. The zero-order valence-electron chi connectivity index (χ0n) is 16.4. The van der Waals surface area contributed by atoms with Crippen LogP contribution in [0.2, 0.25) is 0 Å². The first-order chi connectivity index (χ1) is 14.2. The van der Waals surface area contributed by atoms with E-state index < -0.39 is 6.09 Å². The largest absolute Gasteiger partial charge is 0.445 e. The van der Waals surface area contributed by atoms with E-state index in [1.54, 1.807) is 13.2 Å². The van der Waals surface area contributed by atoms with Crippen molar-refractivity contribution in [1.82, 2.24) is 15.6 Å². The van der Waals surface area contributed by atoms with E-state index in [2.05, 4.69) is 15.6 Å². The Morgan fingerprint density at radius 1 is 1.03 bits per heavy atom. The number of carbonyl (C=O) groups is 2. The molecular weight excluding hydrogens is 370 g/mol. The maximum absolute atomic E-state index is 12.2. The maximum atomic E-state index is 12.2. The highest BCUT2D eigenvalue weighted by atomic mass is 16.5. The van der Waals surface area contributed by atoms with Crippen LogP contribution < -0.4 is 10.6 Å². The number of H-pyrrole nitrogens is 1. The van der Waals surface area contributed by atoms with Crippen molar-refractivity contribution in [2.45, 2.75) is 13.0 Å². The van der Waals surface area contributed by atoms with Crippen LogP contribution in [0.1, 0.15) is 21.5 Å². The molecule has 0 bridgehead atoms. The Balaban J connectivity index is 1.52. The number of amides is 2. The molecule has 3 rings (SSSR count).